The summed E-state index contributed by atoms with van der Waals surface area (Å²) in [7, 11) is 0. The van der Waals surface area contributed by atoms with Crippen molar-refractivity contribution in [2.24, 2.45) is 0 Å². The molecule has 4 rings (SSSR count). The Morgan fingerprint density at radius 2 is 1.78 bits per heavy atom. The first-order valence-corrected chi connectivity index (χ1v) is 11.6. The fraction of sp³-hybridized carbons (Fsp3) is 0.364. The van der Waals surface area contributed by atoms with Crippen LogP contribution in [0.1, 0.15) is 29.2 Å². The average Bonchev–Trinajstić information content (AvgIpc) is 3.33. The quantitative estimate of drug-likeness (QED) is 0.592. The molecule has 0 radical (unpaired) electrons. The molecule has 0 atom stereocenters. The van der Waals surface area contributed by atoms with Crippen LogP contribution in [-0.4, -0.2) is 69.5 Å². The second-order valence-corrected chi connectivity index (χ2v) is 9.49. The molecule has 0 bridgehead atoms. The molecule has 0 saturated carbocycles. The van der Waals surface area contributed by atoms with Crippen LogP contribution in [-0.2, 0) is 9.59 Å². The molecule has 1 saturated heterocycles. The topological polar surface area (TPSA) is 87.5 Å². The molecular weight excluding hydrogens is 450 g/mol. The number of fused-ring (bicyclic) bond motifs is 1. The Morgan fingerprint density at radius 3 is 2.44 bits per heavy atom. The van der Waals surface area contributed by atoms with E-state index in [0.717, 1.165) is 21.6 Å². The molecule has 1 N–H and O–H groups in total. The minimum Gasteiger partial charge on any atom is -0.346 e. The SMILES string of the molecule is Cc1nn(-c2cccc(Cl)c2)c2sc(C(=O)N3CCN(C(=O)C(=O)NC(C)C)CC3)cc12. The number of carbonyl (C=O) groups is 3. The van der Waals surface area contributed by atoms with E-state index in [9.17, 15) is 14.4 Å². The molecule has 32 heavy (non-hydrogen) atoms. The lowest BCUT2D eigenvalue weighted by Gasteiger charge is -2.34. The van der Waals surface area contributed by atoms with Gasteiger partial charge in [0, 0.05) is 42.6 Å². The van der Waals surface area contributed by atoms with Crippen LogP contribution in [0.5, 0.6) is 0 Å². The number of piperazine rings is 1. The second-order valence-electron chi connectivity index (χ2n) is 8.02. The predicted octanol–water partition coefficient (Wildman–Crippen LogP) is 2.86. The first-order valence-electron chi connectivity index (χ1n) is 10.4. The highest BCUT2D eigenvalue weighted by atomic mass is 35.5. The summed E-state index contributed by atoms with van der Waals surface area (Å²) < 4.78 is 1.81. The van der Waals surface area contributed by atoms with Crippen LogP contribution >= 0.6 is 22.9 Å². The largest absolute Gasteiger partial charge is 0.346 e. The Balaban J connectivity index is 1.49. The molecule has 3 aromatic rings. The number of aryl methyl sites for hydroxylation is 1. The molecule has 0 aliphatic carbocycles. The van der Waals surface area contributed by atoms with Gasteiger partial charge in [0.25, 0.3) is 5.91 Å². The fourth-order valence-electron chi connectivity index (χ4n) is 3.67. The van der Waals surface area contributed by atoms with Crippen molar-refractivity contribution in [3.05, 3.63) is 45.9 Å². The van der Waals surface area contributed by atoms with Gasteiger partial charge in [0.2, 0.25) is 0 Å². The zero-order valence-electron chi connectivity index (χ0n) is 18.1. The first-order chi connectivity index (χ1) is 15.2. The maximum atomic E-state index is 13.1. The number of aromatic nitrogens is 2. The van der Waals surface area contributed by atoms with Gasteiger partial charge in [-0.3, -0.25) is 14.4 Å². The highest BCUT2D eigenvalue weighted by Gasteiger charge is 2.29. The van der Waals surface area contributed by atoms with Crippen LogP contribution in [0.25, 0.3) is 15.9 Å². The third-order valence-corrected chi connectivity index (χ3v) is 6.61. The summed E-state index contributed by atoms with van der Waals surface area (Å²) in [5.41, 5.74) is 1.67. The number of rotatable bonds is 3. The molecule has 1 aromatic carbocycles. The molecule has 10 heteroatoms. The Bertz CT molecular complexity index is 1190. The number of amides is 3. The highest BCUT2D eigenvalue weighted by Crippen LogP contribution is 2.31. The van der Waals surface area contributed by atoms with Crippen LogP contribution in [0, 0.1) is 6.92 Å². The summed E-state index contributed by atoms with van der Waals surface area (Å²) in [5.74, 6) is -1.24. The van der Waals surface area contributed by atoms with E-state index in [-0.39, 0.29) is 11.9 Å². The van der Waals surface area contributed by atoms with E-state index in [0.29, 0.717) is 36.1 Å². The molecule has 0 unspecified atom stereocenters. The molecular formula is C22H24ClN5O3S. The average molecular weight is 474 g/mol. The lowest BCUT2D eigenvalue weighted by Crippen LogP contribution is -2.54. The van der Waals surface area contributed by atoms with Crippen LogP contribution in [0.4, 0.5) is 0 Å². The first kappa shape index (κ1) is 22.3. The Labute approximate surface area is 194 Å². The molecule has 1 aliphatic heterocycles. The third kappa shape index (κ3) is 4.35. The molecule has 3 amide bonds. The van der Waals surface area contributed by atoms with E-state index in [2.05, 4.69) is 10.4 Å². The van der Waals surface area contributed by atoms with Crippen LogP contribution in [0.3, 0.4) is 0 Å². The van der Waals surface area contributed by atoms with Crippen molar-refractivity contribution in [1.82, 2.24) is 24.9 Å². The van der Waals surface area contributed by atoms with Crippen molar-refractivity contribution in [2.45, 2.75) is 26.8 Å². The van der Waals surface area contributed by atoms with Gasteiger partial charge in [0.15, 0.2) is 0 Å². The van der Waals surface area contributed by atoms with Crippen molar-refractivity contribution in [3.63, 3.8) is 0 Å². The van der Waals surface area contributed by atoms with Gasteiger partial charge in [-0.05, 0) is 45.0 Å². The van der Waals surface area contributed by atoms with E-state index in [1.165, 1.54) is 16.2 Å². The van der Waals surface area contributed by atoms with Gasteiger partial charge in [-0.15, -0.1) is 11.3 Å². The summed E-state index contributed by atoms with van der Waals surface area (Å²) in [6, 6.07) is 9.19. The van der Waals surface area contributed by atoms with Crippen molar-refractivity contribution in [2.75, 3.05) is 26.2 Å². The van der Waals surface area contributed by atoms with Crippen LogP contribution in [0.2, 0.25) is 5.02 Å². The minimum absolute atomic E-state index is 0.0815. The zero-order valence-corrected chi connectivity index (χ0v) is 19.7. The van der Waals surface area contributed by atoms with Gasteiger partial charge in [-0.2, -0.15) is 5.10 Å². The predicted molar refractivity (Wildman–Crippen MR) is 124 cm³/mol. The van der Waals surface area contributed by atoms with Crippen molar-refractivity contribution < 1.29 is 14.4 Å². The van der Waals surface area contributed by atoms with Crippen molar-refractivity contribution in [1.29, 1.82) is 0 Å². The van der Waals surface area contributed by atoms with Crippen LogP contribution < -0.4 is 5.32 Å². The number of carbonyl (C=O) groups excluding carboxylic acids is 3. The van der Waals surface area contributed by atoms with Gasteiger partial charge in [0.05, 0.1) is 16.3 Å². The van der Waals surface area contributed by atoms with E-state index >= 15 is 0 Å². The zero-order chi connectivity index (χ0) is 23.0. The number of nitrogens with zero attached hydrogens (tertiary/aromatic N) is 4. The number of halogens is 1. The monoisotopic (exact) mass is 473 g/mol. The van der Waals surface area contributed by atoms with Gasteiger partial charge >= 0.3 is 11.8 Å². The number of benzene rings is 1. The molecule has 2 aromatic heterocycles. The summed E-state index contributed by atoms with van der Waals surface area (Å²) in [5, 5.41) is 8.76. The Morgan fingerprint density at radius 1 is 1.09 bits per heavy atom. The van der Waals surface area contributed by atoms with E-state index in [1.807, 2.05) is 35.9 Å². The number of hydrogen-bond acceptors (Lipinski definition) is 5. The lowest BCUT2D eigenvalue weighted by atomic mass is 10.2. The van der Waals surface area contributed by atoms with E-state index < -0.39 is 11.8 Å². The number of thiophene rings is 1. The molecule has 8 nitrogen and oxygen atoms in total. The lowest BCUT2D eigenvalue weighted by molar-refractivity contribution is -0.147. The molecule has 1 fully saturated rings. The minimum atomic E-state index is -0.606. The van der Waals surface area contributed by atoms with E-state index in [4.69, 9.17) is 11.6 Å². The van der Waals surface area contributed by atoms with Gasteiger partial charge in [0.1, 0.15) is 4.83 Å². The second kappa shape index (κ2) is 8.91. The fourth-order valence-corrected chi connectivity index (χ4v) is 5.01. The Kier molecular flexibility index (Phi) is 6.21. The summed E-state index contributed by atoms with van der Waals surface area (Å²) in [4.78, 5) is 42.1. The summed E-state index contributed by atoms with van der Waals surface area (Å²) >= 11 is 7.52. The Hall–Kier alpha value is -2.91. The third-order valence-electron chi connectivity index (χ3n) is 5.28. The maximum absolute atomic E-state index is 13.1. The maximum Gasteiger partial charge on any atom is 0.312 e. The standard InChI is InChI=1S/C22H24ClN5O3S/c1-13(2)24-19(29)21(31)27-9-7-26(8-10-27)20(30)18-12-17-14(3)25-28(22(17)32-18)16-6-4-5-15(23)11-16/h4-6,11-13H,7-10H2,1-3H3,(H,24,29). The summed E-state index contributed by atoms with van der Waals surface area (Å²) in [6.45, 7) is 6.95. The summed E-state index contributed by atoms with van der Waals surface area (Å²) in [6.07, 6.45) is 0. The van der Waals surface area contributed by atoms with Gasteiger partial charge in [-0.25, -0.2) is 4.68 Å². The van der Waals surface area contributed by atoms with Gasteiger partial charge < -0.3 is 15.1 Å². The molecule has 3 heterocycles. The van der Waals surface area contributed by atoms with Crippen LogP contribution in [0.15, 0.2) is 30.3 Å². The number of nitrogens with one attached hydrogen (secondary N) is 1. The normalized spacial score (nSPS) is 14.3. The van der Waals surface area contributed by atoms with Crippen molar-refractivity contribution >= 4 is 50.9 Å². The van der Waals surface area contributed by atoms with Gasteiger partial charge in [-0.1, -0.05) is 17.7 Å². The number of hydrogen-bond donors (Lipinski definition) is 1. The van der Waals surface area contributed by atoms with Crippen molar-refractivity contribution in [3.8, 4) is 5.69 Å². The van der Waals surface area contributed by atoms with E-state index in [1.54, 1.807) is 24.8 Å². The molecule has 168 valence electrons. The smallest absolute Gasteiger partial charge is 0.312 e. The molecule has 1 aliphatic rings. The molecule has 0 spiro atoms. The highest BCUT2D eigenvalue weighted by molar-refractivity contribution is 7.20.